The summed E-state index contributed by atoms with van der Waals surface area (Å²) in [6.07, 6.45) is -4.08. The van der Waals surface area contributed by atoms with Crippen molar-refractivity contribution in [3.05, 3.63) is 66.0 Å². The molecule has 1 saturated heterocycles. The minimum absolute atomic E-state index is 0.0457. The van der Waals surface area contributed by atoms with Crippen LogP contribution < -0.4 is 10.6 Å². The molecule has 0 radical (unpaired) electrons. The monoisotopic (exact) mass is 602 g/mol. The van der Waals surface area contributed by atoms with E-state index in [1.807, 2.05) is 30.3 Å². The lowest BCUT2D eigenvalue weighted by molar-refractivity contribution is -0.164. The van der Waals surface area contributed by atoms with E-state index in [2.05, 4.69) is 20.7 Å². The number of carbonyl (C=O) groups is 4. The average molecular weight is 603 g/mol. The topological polar surface area (TPSA) is 144 Å². The molecule has 2 aliphatic rings. The Bertz CT molecular complexity index is 1390. The maximum Gasteiger partial charge on any atom is 0.408 e. The summed E-state index contributed by atoms with van der Waals surface area (Å²) >= 11 is 0. The molecular formula is C29H33F3N6O5. The van der Waals surface area contributed by atoms with Gasteiger partial charge in [0.2, 0.25) is 11.8 Å². The number of hydrogen-bond donors (Lipinski definition) is 3. The third-order valence-corrected chi connectivity index (χ3v) is 7.52. The Morgan fingerprint density at radius 2 is 1.79 bits per heavy atom. The number of nitrogens with one attached hydrogen (secondary N) is 2. The van der Waals surface area contributed by atoms with Crippen molar-refractivity contribution in [3.8, 4) is 0 Å². The molecule has 14 heteroatoms. The van der Waals surface area contributed by atoms with E-state index in [0.717, 1.165) is 5.56 Å². The van der Waals surface area contributed by atoms with E-state index in [1.165, 1.54) is 24.9 Å². The molecule has 0 unspecified atom stereocenters. The Balaban J connectivity index is 1.62. The molecule has 0 spiro atoms. The number of benzene rings is 1. The van der Waals surface area contributed by atoms with Crippen molar-refractivity contribution in [3.63, 3.8) is 0 Å². The molecule has 2 atom stereocenters. The van der Waals surface area contributed by atoms with Gasteiger partial charge in [0, 0.05) is 37.8 Å². The lowest BCUT2D eigenvalue weighted by Gasteiger charge is -2.41. The zero-order chi connectivity index (χ0) is 31.4. The molecule has 0 aliphatic carbocycles. The number of pyridine rings is 1. The largest absolute Gasteiger partial charge is 0.465 e. The van der Waals surface area contributed by atoms with E-state index < -0.39 is 53.5 Å². The summed E-state index contributed by atoms with van der Waals surface area (Å²) in [7, 11) is 0. The number of rotatable bonds is 10. The van der Waals surface area contributed by atoms with Crippen LogP contribution in [0, 0.1) is 5.41 Å². The minimum atomic E-state index is -4.68. The lowest BCUT2D eigenvalue weighted by atomic mass is 9.74. The van der Waals surface area contributed by atoms with Crippen LogP contribution in [0.5, 0.6) is 0 Å². The quantitative estimate of drug-likeness (QED) is 0.382. The van der Waals surface area contributed by atoms with E-state index in [0.29, 0.717) is 17.1 Å². The number of aromatic nitrogens is 1. The molecule has 2 aromatic rings. The molecule has 3 heterocycles. The molecule has 1 aromatic carbocycles. The normalized spacial score (nSPS) is 19.4. The molecule has 4 amide bonds. The van der Waals surface area contributed by atoms with Gasteiger partial charge >= 0.3 is 12.3 Å². The smallest absolute Gasteiger partial charge is 0.408 e. The van der Waals surface area contributed by atoms with Crippen LogP contribution in [0.2, 0.25) is 0 Å². The van der Waals surface area contributed by atoms with Gasteiger partial charge in [0.1, 0.15) is 23.5 Å². The Morgan fingerprint density at radius 3 is 2.42 bits per heavy atom. The highest BCUT2D eigenvalue weighted by Crippen LogP contribution is 2.39. The van der Waals surface area contributed by atoms with Crippen LogP contribution in [0.15, 0.2) is 59.8 Å². The highest BCUT2D eigenvalue weighted by Gasteiger charge is 2.56. The number of piperidine rings is 1. The number of likely N-dealkylation sites (tertiary alicyclic amines) is 1. The molecule has 3 N–H and O–H groups in total. The van der Waals surface area contributed by atoms with Gasteiger partial charge in [-0.2, -0.15) is 18.3 Å². The highest BCUT2D eigenvalue weighted by molar-refractivity contribution is 6.13. The molecule has 0 bridgehead atoms. The number of hydrogen-bond acceptors (Lipinski definition) is 6. The van der Waals surface area contributed by atoms with Crippen molar-refractivity contribution in [1.29, 1.82) is 0 Å². The summed E-state index contributed by atoms with van der Waals surface area (Å²) in [6.45, 7) is 0.945. The number of alkyl halides is 3. The van der Waals surface area contributed by atoms with Crippen LogP contribution in [0.4, 0.5) is 18.0 Å². The van der Waals surface area contributed by atoms with Crippen LogP contribution in [0.3, 0.4) is 0 Å². The number of fused-ring (bicyclic) bond motifs is 1. The molecule has 4 rings (SSSR count). The Hall–Kier alpha value is -4.49. The Morgan fingerprint density at radius 1 is 1.09 bits per heavy atom. The second-order valence-electron chi connectivity index (χ2n) is 11.2. The van der Waals surface area contributed by atoms with E-state index in [9.17, 15) is 32.3 Å². The maximum atomic E-state index is 14.0. The molecule has 1 fully saturated rings. The first kappa shape index (κ1) is 31.4. The van der Waals surface area contributed by atoms with Crippen molar-refractivity contribution in [2.45, 2.75) is 57.3 Å². The van der Waals surface area contributed by atoms with Gasteiger partial charge in [-0.3, -0.25) is 19.4 Å². The van der Waals surface area contributed by atoms with E-state index in [-0.39, 0.29) is 38.1 Å². The first-order chi connectivity index (χ1) is 20.2. The SMILES string of the molecule is CC(C)(NC(=O)O)C(=O)N[C@H](CCc1ccccc1)C(=O)N1CCC2=NN(CC(F)(F)F)C(=O)[C@]2(Cc2ccccn2)C1. The Labute approximate surface area is 246 Å². The molecule has 43 heavy (non-hydrogen) atoms. The van der Waals surface area contributed by atoms with Crippen LogP contribution in [-0.2, 0) is 27.2 Å². The molecule has 0 saturated carbocycles. The van der Waals surface area contributed by atoms with Crippen LogP contribution in [-0.4, -0.2) is 86.9 Å². The number of hydrazone groups is 1. The van der Waals surface area contributed by atoms with Gasteiger partial charge in [-0.1, -0.05) is 36.4 Å². The van der Waals surface area contributed by atoms with Gasteiger partial charge in [-0.15, -0.1) is 0 Å². The highest BCUT2D eigenvalue weighted by atomic mass is 19.4. The molecule has 2 aliphatic heterocycles. The van der Waals surface area contributed by atoms with Crippen molar-refractivity contribution in [1.82, 2.24) is 25.5 Å². The predicted molar refractivity (Wildman–Crippen MR) is 149 cm³/mol. The third-order valence-electron chi connectivity index (χ3n) is 7.52. The number of amides is 4. The van der Waals surface area contributed by atoms with Gasteiger partial charge in [0.25, 0.3) is 5.91 Å². The molecule has 230 valence electrons. The second-order valence-corrected chi connectivity index (χ2v) is 11.2. The summed E-state index contributed by atoms with van der Waals surface area (Å²) in [5.74, 6) is -2.16. The summed E-state index contributed by atoms with van der Waals surface area (Å²) in [5, 5.41) is 18.4. The molecular weight excluding hydrogens is 569 g/mol. The van der Waals surface area contributed by atoms with Crippen molar-refractivity contribution in [2.24, 2.45) is 10.5 Å². The number of carboxylic acid groups (broad SMARTS) is 1. The number of halogens is 3. The number of carbonyl (C=O) groups excluding carboxylic acids is 3. The average Bonchev–Trinajstić information content (AvgIpc) is 3.19. The second kappa shape index (κ2) is 12.4. The third kappa shape index (κ3) is 7.48. The zero-order valence-corrected chi connectivity index (χ0v) is 23.7. The van der Waals surface area contributed by atoms with Gasteiger partial charge in [-0.25, -0.2) is 9.80 Å². The first-order valence-corrected chi connectivity index (χ1v) is 13.7. The zero-order valence-electron chi connectivity index (χ0n) is 23.7. The van der Waals surface area contributed by atoms with Crippen LogP contribution in [0.1, 0.15) is 37.9 Å². The van der Waals surface area contributed by atoms with E-state index in [4.69, 9.17) is 5.11 Å². The van der Waals surface area contributed by atoms with Gasteiger partial charge < -0.3 is 20.6 Å². The minimum Gasteiger partial charge on any atom is -0.465 e. The van der Waals surface area contributed by atoms with E-state index in [1.54, 1.807) is 18.2 Å². The molecule has 11 nitrogen and oxygen atoms in total. The standard InChI is InChI=1S/C29H33F3N6O5/c1-27(2,35-26(42)43)24(40)34-21(12-11-19-8-4-3-5-9-19)23(39)37-15-13-22-28(17-37,16-20-10-6-7-14-33-20)25(41)38(36-22)18-29(30,31)32/h3-10,14,21,35H,11-13,15-18H2,1-2H3,(H,34,40)(H,42,43)/t21-,28-/m1/s1. The van der Waals surface area contributed by atoms with Gasteiger partial charge in [0.05, 0.1) is 5.71 Å². The summed E-state index contributed by atoms with van der Waals surface area (Å²) in [4.78, 5) is 57.6. The fourth-order valence-corrected chi connectivity index (χ4v) is 5.36. The Kier molecular flexibility index (Phi) is 9.07. The maximum absolute atomic E-state index is 14.0. The lowest BCUT2D eigenvalue weighted by Crippen LogP contribution is -2.62. The fraction of sp³-hybridized carbons (Fsp3) is 0.448. The van der Waals surface area contributed by atoms with Crippen LogP contribution in [0.25, 0.3) is 0 Å². The van der Waals surface area contributed by atoms with Crippen molar-refractivity contribution in [2.75, 3.05) is 19.6 Å². The van der Waals surface area contributed by atoms with Crippen LogP contribution >= 0.6 is 0 Å². The summed E-state index contributed by atoms with van der Waals surface area (Å²) < 4.78 is 40.0. The first-order valence-electron chi connectivity index (χ1n) is 13.7. The van der Waals surface area contributed by atoms with Crippen molar-refractivity contribution < 1.29 is 37.5 Å². The summed E-state index contributed by atoms with van der Waals surface area (Å²) in [6, 6.07) is 13.1. The molecule has 1 aromatic heterocycles. The van der Waals surface area contributed by atoms with Gasteiger partial charge in [-0.05, 0) is 44.4 Å². The van der Waals surface area contributed by atoms with Gasteiger partial charge in [0.15, 0.2) is 0 Å². The number of aryl methyl sites for hydroxylation is 1. The fourth-order valence-electron chi connectivity index (χ4n) is 5.36. The summed E-state index contributed by atoms with van der Waals surface area (Å²) in [5.41, 5.74) is -1.55. The number of nitrogens with zero attached hydrogens (tertiary/aromatic N) is 4. The van der Waals surface area contributed by atoms with E-state index >= 15 is 0 Å². The van der Waals surface area contributed by atoms with Crippen molar-refractivity contribution >= 4 is 29.5 Å². The predicted octanol–water partition coefficient (Wildman–Crippen LogP) is 2.77.